The Morgan fingerprint density at radius 1 is 1.32 bits per heavy atom. The second-order valence-corrected chi connectivity index (χ2v) is 6.25. The van der Waals surface area contributed by atoms with Gasteiger partial charge in [-0.2, -0.15) is 0 Å². The highest BCUT2D eigenvalue weighted by Crippen LogP contribution is 2.30. The van der Waals surface area contributed by atoms with Gasteiger partial charge >= 0.3 is 0 Å². The number of nitrogens with zero attached hydrogens (tertiary/aromatic N) is 2. The third kappa shape index (κ3) is 2.36. The van der Waals surface area contributed by atoms with Gasteiger partial charge in [-0.1, -0.05) is 32.0 Å². The summed E-state index contributed by atoms with van der Waals surface area (Å²) in [6, 6.07) is 10.8. The topological polar surface area (TPSA) is 42.2 Å². The summed E-state index contributed by atoms with van der Waals surface area (Å²) in [5, 5.41) is 1.25. The molecule has 100 valence electrons. The average molecular weight is 255 g/mol. The Morgan fingerprint density at radius 3 is 2.89 bits per heavy atom. The van der Waals surface area contributed by atoms with E-state index >= 15 is 0 Å². The number of benzene rings is 1. The molecule has 0 saturated carbocycles. The zero-order valence-corrected chi connectivity index (χ0v) is 11.6. The molecule has 1 aliphatic rings. The van der Waals surface area contributed by atoms with Crippen LogP contribution in [0.1, 0.15) is 19.4 Å². The van der Waals surface area contributed by atoms with E-state index in [4.69, 9.17) is 5.73 Å². The highest BCUT2D eigenvalue weighted by Gasteiger charge is 2.36. The van der Waals surface area contributed by atoms with Crippen molar-refractivity contribution in [3.8, 4) is 0 Å². The van der Waals surface area contributed by atoms with Crippen LogP contribution in [0.4, 0.5) is 0 Å². The Balaban J connectivity index is 1.87. The quantitative estimate of drug-likeness (QED) is 0.896. The van der Waals surface area contributed by atoms with Gasteiger partial charge in [0, 0.05) is 37.3 Å². The van der Waals surface area contributed by atoms with Crippen LogP contribution in [0.15, 0.2) is 36.5 Å². The minimum Gasteiger partial charge on any atom is -0.326 e. The Labute approximate surface area is 114 Å². The summed E-state index contributed by atoms with van der Waals surface area (Å²) in [7, 11) is 0. The molecule has 2 aromatic rings. The van der Waals surface area contributed by atoms with E-state index in [-0.39, 0.29) is 11.5 Å². The van der Waals surface area contributed by atoms with Crippen molar-refractivity contribution in [3.05, 3.63) is 42.1 Å². The number of aromatic nitrogens is 1. The van der Waals surface area contributed by atoms with Gasteiger partial charge in [-0.15, -0.1) is 0 Å². The third-order valence-corrected chi connectivity index (χ3v) is 4.22. The SMILES string of the molecule is CC1(C)CN(Cc2cccc3ncccc23)CC1N. The molecule has 0 radical (unpaired) electrons. The second kappa shape index (κ2) is 4.58. The van der Waals surface area contributed by atoms with Gasteiger partial charge in [0.2, 0.25) is 0 Å². The summed E-state index contributed by atoms with van der Waals surface area (Å²) in [5.74, 6) is 0. The zero-order chi connectivity index (χ0) is 13.5. The molecule has 1 aliphatic heterocycles. The minimum absolute atomic E-state index is 0.211. The van der Waals surface area contributed by atoms with Gasteiger partial charge in [-0.25, -0.2) is 0 Å². The van der Waals surface area contributed by atoms with Gasteiger partial charge < -0.3 is 5.73 Å². The number of hydrogen-bond donors (Lipinski definition) is 1. The van der Waals surface area contributed by atoms with E-state index in [9.17, 15) is 0 Å². The van der Waals surface area contributed by atoms with Crippen LogP contribution >= 0.6 is 0 Å². The van der Waals surface area contributed by atoms with Crippen molar-refractivity contribution >= 4 is 10.9 Å². The predicted octanol–water partition coefficient (Wildman–Crippen LogP) is 2.40. The molecule has 3 rings (SSSR count). The Hall–Kier alpha value is -1.45. The molecule has 2 N–H and O–H groups in total. The van der Waals surface area contributed by atoms with Crippen LogP contribution in [-0.4, -0.2) is 29.0 Å². The van der Waals surface area contributed by atoms with E-state index in [0.717, 1.165) is 25.2 Å². The lowest BCUT2D eigenvalue weighted by atomic mass is 9.89. The third-order valence-electron chi connectivity index (χ3n) is 4.22. The average Bonchev–Trinajstić information content (AvgIpc) is 2.63. The molecule has 1 fully saturated rings. The summed E-state index contributed by atoms with van der Waals surface area (Å²) in [5.41, 5.74) is 8.84. The molecule has 1 unspecified atom stereocenters. The van der Waals surface area contributed by atoms with Gasteiger partial charge in [0.15, 0.2) is 0 Å². The molecule has 1 atom stereocenters. The van der Waals surface area contributed by atoms with Gasteiger partial charge in [0.1, 0.15) is 0 Å². The first kappa shape index (κ1) is 12.6. The fourth-order valence-corrected chi connectivity index (χ4v) is 2.95. The van der Waals surface area contributed by atoms with E-state index in [2.05, 4.69) is 48.0 Å². The van der Waals surface area contributed by atoms with Gasteiger partial charge in [0.25, 0.3) is 0 Å². The molecule has 1 aromatic carbocycles. The van der Waals surface area contributed by atoms with E-state index in [1.165, 1.54) is 10.9 Å². The first-order chi connectivity index (χ1) is 9.06. The molecule has 1 aromatic heterocycles. The van der Waals surface area contributed by atoms with Crippen molar-refractivity contribution in [1.82, 2.24) is 9.88 Å². The molecule has 0 bridgehead atoms. The molecule has 3 nitrogen and oxygen atoms in total. The van der Waals surface area contributed by atoms with E-state index < -0.39 is 0 Å². The van der Waals surface area contributed by atoms with Crippen molar-refractivity contribution < 1.29 is 0 Å². The normalized spacial score (nSPS) is 23.0. The van der Waals surface area contributed by atoms with Crippen LogP contribution in [-0.2, 0) is 6.54 Å². The lowest BCUT2D eigenvalue weighted by Gasteiger charge is -2.22. The predicted molar refractivity (Wildman–Crippen MR) is 78.8 cm³/mol. The largest absolute Gasteiger partial charge is 0.326 e. The highest BCUT2D eigenvalue weighted by molar-refractivity contribution is 5.81. The molecule has 3 heteroatoms. The minimum atomic E-state index is 0.211. The number of nitrogens with two attached hydrogens (primary N) is 1. The summed E-state index contributed by atoms with van der Waals surface area (Å²) in [6.07, 6.45) is 1.85. The number of fused-ring (bicyclic) bond motifs is 1. The zero-order valence-electron chi connectivity index (χ0n) is 11.6. The fraction of sp³-hybridized carbons (Fsp3) is 0.438. The molecule has 0 spiro atoms. The summed E-state index contributed by atoms with van der Waals surface area (Å²) >= 11 is 0. The van der Waals surface area contributed by atoms with Gasteiger partial charge in [0.05, 0.1) is 5.52 Å². The number of hydrogen-bond acceptors (Lipinski definition) is 3. The van der Waals surface area contributed by atoms with E-state index in [1.54, 1.807) is 0 Å². The standard InChI is InChI=1S/C16H21N3/c1-16(2)11-19(10-15(16)17)9-12-5-3-7-14-13(12)6-4-8-18-14/h3-8,15H,9-11,17H2,1-2H3. The van der Waals surface area contributed by atoms with Gasteiger partial charge in [-0.3, -0.25) is 9.88 Å². The van der Waals surface area contributed by atoms with Crippen LogP contribution in [0, 0.1) is 5.41 Å². The number of likely N-dealkylation sites (tertiary alicyclic amines) is 1. The fourth-order valence-electron chi connectivity index (χ4n) is 2.95. The molecular formula is C16H21N3. The summed E-state index contributed by atoms with van der Waals surface area (Å²) < 4.78 is 0. The number of rotatable bonds is 2. The molecule has 1 saturated heterocycles. The molecular weight excluding hydrogens is 234 g/mol. The maximum absolute atomic E-state index is 6.22. The van der Waals surface area contributed by atoms with Crippen LogP contribution in [0.3, 0.4) is 0 Å². The summed E-state index contributed by atoms with van der Waals surface area (Å²) in [6.45, 7) is 7.50. The van der Waals surface area contributed by atoms with Crippen molar-refractivity contribution in [2.24, 2.45) is 11.1 Å². The smallest absolute Gasteiger partial charge is 0.0705 e. The Morgan fingerprint density at radius 2 is 2.16 bits per heavy atom. The Bertz CT molecular complexity index is 586. The maximum atomic E-state index is 6.22. The van der Waals surface area contributed by atoms with Crippen molar-refractivity contribution in [2.75, 3.05) is 13.1 Å². The van der Waals surface area contributed by atoms with Crippen LogP contribution in [0.2, 0.25) is 0 Å². The van der Waals surface area contributed by atoms with Crippen LogP contribution in [0.5, 0.6) is 0 Å². The van der Waals surface area contributed by atoms with Crippen molar-refractivity contribution in [3.63, 3.8) is 0 Å². The molecule has 0 amide bonds. The molecule has 19 heavy (non-hydrogen) atoms. The van der Waals surface area contributed by atoms with Crippen molar-refractivity contribution in [2.45, 2.75) is 26.4 Å². The lowest BCUT2D eigenvalue weighted by molar-refractivity contribution is 0.282. The molecule has 2 heterocycles. The second-order valence-electron chi connectivity index (χ2n) is 6.25. The number of pyridine rings is 1. The van der Waals surface area contributed by atoms with Crippen LogP contribution in [0.25, 0.3) is 10.9 Å². The van der Waals surface area contributed by atoms with Crippen LogP contribution < -0.4 is 5.73 Å². The van der Waals surface area contributed by atoms with Gasteiger partial charge in [-0.05, 0) is 23.1 Å². The van der Waals surface area contributed by atoms with E-state index in [1.807, 2.05) is 12.3 Å². The first-order valence-corrected chi connectivity index (χ1v) is 6.87. The first-order valence-electron chi connectivity index (χ1n) is 6.87. The maximum Gasteiger partial charge on any atom is 0.0705 e. The monoisotopic (exact) mass is 255 g/mol. The van der Waals surface area contributed by atoms with Crippen molar-refractivity contribution in [1.29, 1.82) is 0 Å². The molecule has 0 aliphatic carbocycles. The summed E-state index contributed by atoms with van der Waals surface area (Å²) in [4.78, 5) is 6.87. The van der Waals surface area contributed by atoms with E-state index in [0.29, 0.717) is 0 Å². The Kier molecular flexibility index (Phi) is 3.03. The highest BCUT2D eigenvalue weighted by atomic mass is 15.2. The lowest BCUT2D eigenvalue weighted by Crippen LogP contribution is -2.35.